The molecule has 2 atom stereocenters. The van der Waals surface area contributed by atoms with E-state index in [2.05, 4.69) is 11.5 Å². The van der Waals surface area contributed by atoms with Crippen molar-refractivity contribution in [2.75, 3.05) is 0 Å². The van der Waals surface area contributed by atoms with Gasteiger partial charge in [0.05, 0.1) is 0 Å². The van der Waals surface area contributed by atoms with Crippen LogP contribution in [0.2, 0.25) is 12.6 Å². The van der Waals surface area contributed by atoms with Crippen molar-refractivity contribution in [1.29, 1.82) is 0 Å². The summed E-state index contributed by atoms with van der Waals surface area (Å²) in [7, 11) is -2.46. The molecule has 0 aromatic heterocycles. The topological polar surface area (TPSA) is 61.8 Å². The molecule has 1 saturated heterocycles. The molecule has 0 amide bonds. The molecular weight excluding hydrogens is 276 g/mol. The number of ether oxygens (including phenoxy) is 2. The highest BCUT2D eigenvalue weighted by molar-refractivity contribution is 6.80. The van der Waals surface area contributed by atoms with E-state index >= 15 is 0 Å². The molecule has 0 N–H and O–H groups in total. The van der Waals surface area contributed by atoms with E-state index in [9.17, 15) is 9.59 Å². The van der Waals surface area contributed by atoms with Crippen LogP contribution in [-0.4, -0.2) is 31.6 Å². The SMILES string of the molecule is C#CC1(C)O[Si](C)(C#C)CCC1(OC(C)=O)OC(C)=O. The van der Waals surface area contributed by atoms with Gasteiger partial charge in [0.15, 0.2) is 5.60 Å². The molecule has 1 aliphatic heterocycles. The van der Waals surface area contributed by atoms with Gasteiger partial charge in [0.2, 0.25) is 0 Å². The number of carbonyl (C=O) groups is 2. The maximum Gasteiger partial charge on any atom is 0.306 e. The summed E-state index contributed by atoms with van der Waals surface area (Å²) < 4.78 is 16.4. The van der Waals surface area contributed by atoms with E-state index in [1.807, 2.05) is 6.55 Å². The third-order valence-electron chi connectivity index (χ3n) is 3.29. The first kappa shape index (κ1) is 16.3. The normalized spacial score (nSPS) is 31.5. The highest BCUT2D eigenvalue weighted by Crippen LogP contribution is 2.44. The monoisotopic (exact) mass is 294 g/mol. The molecule has 1 fully saturated rings. The standard InChI is InChI=1S/C14H18O5Si/c1-7-13(5)14(17-11(3)15,18-12(4)16)9-10-20(6,8-2)19-13/h1-2H,9-10H2,3-6H3. The summed E-state index contributed by atoms with van der Waals surface area (Å²) in [5, 5.41) is 0. The molecule has 0 bridgehead atoms. The van der Waals surface area contributed by atoms with Crippen LogP contribution in [0.5, 0.6) is 0 Å². The van der Waals surface area contributed by atoms with Crippen molar-refractivity contribution in [2.45, 2.75) is 51.2 Å². The molecule has 108 valence electrons. The van der Waals surface area contributed by atoms with Crippen molar-refractivity contribution >= 4 is 20.3 Å². The van der Waals surface area contributed by atoms with Gasteiger partial charge in [0.1, 0.15) is 0 Å². The van der Waals surface area contributed by atoms with Crippen LogP contribution in [0.25, 0.3) is 0 Å². The number of carbonyl (C=O) groups excluding carboxylic acids is 2. The summed E-state index contributed by atoms with van der Waals surface area (Å²) >= 11 is 0. The first-order valence-corrected chi connectivity index (χ1v) is 8.78. The molecule has 0 aromatic rings. The van der Waals surface area contributed by atoms with Gasteiger partial charge in [-0.1, -0.05) is 5.92 Å². The van der Waals surface area contributed by atoms with Crippen molar-refractivity contribution in [1.82, 2.24) is 0 Å². The molecule has 0 aliphatic carbocycles. The third kappa shape index (κ3) is 2.87. The molecule has 0 spiro atoms. The van der Waals surface area contributed by atoms with Gasteiger partial charge < -0.3 is 13.9 Å². The fourth-order valence-electron chi connectivity index (χ4n) is 2.24. The van der Waals surface area contributed by atoms with Gasteiger partial charge in [-0.25, -0.2) is 0 Å². The van der Waals surface area contributed by atoms with Crippen LogP contribution in [0, 0.1) is 24.3 Å². The predicted molar refractivity (Wildman–Crippen MR) is 74.5 cm³/mol. The first-order valence-electron chi connectivity index (χ1n) is 6.17. The Kier molecular flexibility index (Phi) is 4.33. The first-order chi connectivity index (χ1) is 9.12. The molecule has 1 aliphatic rings. The summed E-state index contributed by atoms with van der Waals surface area (Å²) in [6.45, 7) is 5.82. The van der Waals surface area contributed by atoms with E-state index < -0.39 is 31.6 Å². The smallest absolute Gasteiger partial charge is 0.306 e. The quantitative estimate of drug-likeness (QED) is 0.333. The molecule has 1 rings (SSSR count). The Hall–Kier alpha value is -1.76. The zero-order valence-corrected chi connectivity index (χ0v) is 13.1. The van der Waals surface area contributed by atoms with E-state index in [0.717, 1.165) is 0 Å². The summed E-state index contributed by atoms with van der Waals surface area (Å²) in [5.74, 6) is -0.420. The summed E-state index contributed by atoms with van der Waals surface area (Å²) in [4.78, 5) is 22.7. The summed E-state index contributed by atoms with van der Waals surface area (Å²) in [6, 6.07) is 0.474. The van der Waals surface area contributed by atoms with Crippen LogP contribution in [0.15, 0.2) is 0 Å². The number of hydrogen-bond acceptors (Lipinski definition) is 5. The second kappa shape index (κ2) is 5.32. The van der Waals surface area contributed by atoms with Crippen molar-refractivity contribution in [2.24, 2.45) is 0 Å². The number of hydrogen-bond donors (Lipinski definition) is 0. The van der Waals surface area contributed by atoms with Crippen LogP contribution >= 0.6 is 0 Å². The lowest BCUT2D eigenvalue weighted by atomic mass is 9.93. The van der Waals surface area contributed by atoms with Crippen LogP contribution in [-0.2, 0) is 23.5 Å². The van der Waals surface area contributed by atoms with Gasteiger partial charge >= 0.3 is 11.9 Å². The molecule has 1 heterocycles. The Balaban J connectivity index is 3.29. The zero-order valence-electron chi connectivity index (χ0n) is 12.1. The van der Waals surface area contributed by atoms with Gasteiger partial charge in [0, 0.05) is 20.3 Å². The van der Waals surface area contributed by atoms with Gasteiger partial charge in [0.25, 0.3) is 14.1 Å². The van der Waals surface area contributed by atoms with Crippen LogP contribution < -0.4 is 0 Å². The van der Waals surface area contributed by atoms with Crippen molar-refractivity contribution in [3.63, 3.8) is 0 Å². The molecule has 2 unspecified atom stereocenters. The van der Waals surface area contributed by atoms with Crippen molar-refractivity contribution < 1.29 is 23.5 Å². The molecule has 0 radical (unpaired) electrons. The summed E-state index contributed by atoms with van der Waals surface area (Å²) in [6.07, 6.45) is 11.3. The Morgan fingerprint density at radius 1 is 1.25 bits per heavy atom. The Morgan fingerprint density at radius 2 is 1.75 bits per heavy atom. The largest absolute Gasteiger partial charge is 0.418 e. The predicted octanol–water partition coefficient (Wildman–Crippen LogP) is 1.37. The molecule has 20 heavy (non-hydrogen) atoms. The number of terminal acetylenes is 2. The highest BCUT2D eigenvalue weighted by atomic mass is 28.4. The fourth-order valence-corrected chi connectivity index (χ4v) is 4.47. The number of esters is 2. The molecule has 0 saturated carbocycles. The fraction of sp³-hybridized carbons (Fsp3) is 0.571. The minimum absolute atomic E-state index is 0.222. The number of rotatable bonds is 2. The molecule has 6 heteroatoms. The zero-order chi connectivity index (χ0) is 15.6. The maximum atomic E-state index is 11.4. The average Bonchev–Trinajstić information content (AvgIpc) is 2.33. The van der Waals surface area contributed by atoms with E-state index in [4.69, 9.17) is 26.7 Å². The minimum atomic E-state index is -2.46. The van der Waals surface area contributed by atoms with Gasteiger partial charge in [-0.2, -0.15) is 0 Å². The van der Waals surface area contributed by atoms with Gasteiger partial charge in [-0.15, -0.1) is 18.4 Å². The summed E-state index contributed by atoms with van der Waals surface area (Å²) in [5.41, 5.74) is 1.25. The Labute approximate surface area is 120 Å². The van der Waals surface area contributed by atoms with Crippen LogP contribution in [0.1, 0.15) is 27.2 Å². The minimum Gasteiger partial charge on any atom is -0.418 e. The Morgan fingerprint density at radius 3 is 2.10 bits per heavy atom. The molecule has 5 nitrogen and oxygen atoms in total. The van der Waals surface area contributed by atoms with E-state index in [1.165, 1.54) is 13.8 Å². The van der Waals surface area contributed by atoms with Gasteiger partial charge in [-0.05, 0) is 19.5 Å². The van der Waals surface area contributed by atoms with Crippen LogP contribution in [0.4, 0.5) is 0 Å². The third-order valence-corrected chi connectivity index (χ3v) is 5.96. The lowest BCUT2D eigenvalue weighted by molar-refractivity contribution is -0.276. The van der Waals surface area contributed by atoms with Crippen molar-refractivity contribution in [3.05, 3.63) is 0 Å². The van der Waals surface area contributed by atoms with E-state index in [-0.39, 0.29) is 6.42 Å². The Bertz CT molecular complexity index is 499. The molecule has 0 aromatic carbocycles. The second-order valence-electron chi connectivity index (χ2n) is 5.10. The van der Waals surface area contributed by atoms with Crippen molar-refractivity contribution in [3.8, 4) is 24.3 Å². The van der Waals surface area contributed by atoms with E-state index in [1.54, 1.807) is 6.92 Å². The van der Waals surface area contributed by atoms with Gasteiger partial charge in [-0.3, -0.25) is 9.59 Å². The van der Waals surface area contributed by atoms with Crippen LogP contribution in [0.3, 0.4) is 0 Å². The molecular formula is C14H18O5Si. The maximum absolute atomic E-state index is 11.4. The van der Waals surface area contributed by atoms with E-state index in [0.29, 0.717) is 6.04 Å². The average molecular weight is 294 g/mol. The highest BCUT2D eigenvalue weighted by Gasteiger charge is 2.61. The second-order valence-corrected chi connectivity index (χ2v) is 8.55. The lowest BCUT2D eigenvalue weighted by Crippen LogP contribution is -2.65. The lowest BCUT2D eigenvalue weighted by Gasteiger charge is -2.49.